The molecule has 0 spiro atoms. The van der Waals surface area contributed by atoms with E-state index in [1.54, 1.807) is 18.4 Å². The monoisotopic (exact) mass is 518 g/mol. The van der Waals surface area contributed by atoms with Gasteiger partial charge in [0.1, 0.15) is 11.0 Å². The van der Waals surface area contributed by atoms with Gasteiger partial charge in [0.15, 0.2) is 0 Å². The smallest absolute Gasteiger partial charge is 0.246 e. The van der Waals surface area contributed by atoms with Gasteiger partial charge in [-0.1, -0.05) is 55.7 Å². The van der Waals surface area contributed by atoms with Crippen LogP contribution >= 0.6 is 11.3 Å². The summed E-state index contributed by atoms with van der Waals surface area (Å²) in [6.07, 6.45) is 7.30. The van der Waals surface area contributed by atoms with E-state index in [4.69, 9.17) is 4.98 Å². The van der Waals surface area contributed by atoms with E-state index < -0.39 is 6.04 Å². The quantitative estimate of drug-likeness (QED) is 0.426. The fourth-order valence-corrected chi connectivity index (χ4v) is 6.93. The van der Waals surface area contributed by atoms with Crippen molar-refractivity contribution in [3.05, 3.63) is 52.3 Å². The van der Waals surface area contributed by atoms with Crippen LogP contribution in [0.25, 0.3) is 22.0 Å². The zero-order chi connectivity index (χ0) is 25.9. The first-order valence-corrected chi connectivity index (χ1v) is 14.6. The van der Waals surface area contributed by atoms with E-state index in [9.17, 15) is 9.59 Å². The van der Waals surface area contributed by atoms with Gasteiger partial charge in [0.25, 0.3) is 0 Å². The molecule has 2 N–H and O–H groups in total. The minimum atomic E-state index is -0.468. The number of carbonyl (C=O) groups is 2. The van der Waals surface area contributed by atoms with E-state index in [1.165, 1.54) is 22.8 Å². The summed E-state index contributed by atoms with van der Waals surface area (Å²) in [6, 6.07) is 11.9. The van der Waals surface area contributed by atoms with Crippen LogP contribution in [0.3, 0.4) is 0 Å². The maximum absolute atomic E-state index is 14.0. The molecule has 0 unspecified atom stereocenters. The third kappa shape index (κ3) is 5.30. The van der Waals surface area contributed by atoms with Crippen LogP contribution in [-0.4, -0.2) is 47.4 Å². The number of benzene rings is 2. The molecule has 1 aliphatic carbocycles. The summed E-state index contributed by atoms with van der Waals surface area (Å²) in [6.45, 7) is 4.69. The lowest BCUT2D eigenvalue weighted by Gasteiger charge is -2.35. The molecule has 6 nitrogen and oxygen atoms in total. The Balaban J connectivity index is 1.41. The summed E-state index contributed by atoms with van der Waals surface area (Å²) in [7, 11) is 1.77. The first-order chi connectivity index (χ1) is 18.0. The van der Waals surface area contributed by atoms with Gasteiger partial charge < -0.3 is 15.5 Å². The molecule has 2 aliphatic rings. The SMILES string of the molecule is CN[C@@H](C)C(=O)N[C@H](C(=O)N1CCC[C@H]1c1nc(-c2ccc(C)c3ccccc23)cs1)C1CCCCC1. The predicted molar refractivity (Wildman–Crippen MR) is 151 cm³/mol. The zero-order valence-corrected chi connectivity index (χ0v) is 22.9. The lowest BCUT2D eigenvalue weighted by Crippen LogP contribution is -2.55. The zero-order valence-electron chi connectivity index (χ0n) is 22.1. The predicted octanol–water partition coefficient (Wildman–Crippen LogP) is 5.61. The number of aryl methyl sites for hydroxylation is 1. The largest absolute Gasteiger partial charge is 0.343 e. The Bertz CT molecular complexity index is 1270. The van der Waals surface area contributed by atoms with Gasteiger partial charge >= 0.3 is 0 Å². The number of nitrogens with zero attached hydrogens (tertiary/aromatic N) is 2. The Morgan fingerprint density at radius 2 is 1.78 bits per heavy atom. The number of nitrogens with one attached hydrogen (secondary N) is 2. The second-order valence-electron chi connectivity index (χ2n) is 10.6. The van der Waals surface area contributed by atoms with Crippen molar-refractivity contribution in [3.8, 4) is 11.3 Å². The molecule has 1 aromatic heterocycles. The van der Waals surface area contributed by atoms with Crippen molar-refractivity contribution in [3.63, 3.8) is 0 Å². The lowest BCUT2D eigenvalue weighted by molar-refractivity contribution is -0.139. The molecule has 3 aromatic rings. The number of rotatable bonds is 7. The van der Waals surface area contributed by atoms with Crippen molar-refractivity contribution in [2.45, 2.75) is 76.9 Å². The highest BCUT2D eigenvalue weighted by Crippen LogP contribution is 2.39. The van der Waals surface area contributed by atoms with E-state index >= 15 is 0 Å². The van der Waals surface area contributed by atoms with Gasteiger partial charge in [-0.2, -0.15) is 0 Å². The van der Waals surface area contributed by atoms with Crippen LogP contribution in [0, 0.1) is 12.8 Å². The maximum atomic E-state index is 14.0. The van der Waals surface area contributed by atoms with Gasteiger partial charge in [-0.25, -0.2) is 4.98 Å². The molecule has 2 heterocycles. The van der Waals surface area contributed by atoms with Gasteiger partial charge in [-0.05, 0) is 68.8 Å². The van der Waals surface area contributed by atoms with Crippen LogP contribution in [0.4, 0.5) is 0 Å². The molecule has 1 saturated heterocycles. The van der Waals surface area contributed by atoms with Crippen molar-refractivity contribution in [2.75, 3.05) is 13.6 Å². The Labute approximate surface area is 223 Å². The molecular weight excluding hydrogens is 480 g/mol. The highest BCUT2D eigenvalue weighted by molar-refractivity contribution is 7.10. The van der Waals surface area contributed by atoms with Crippen LogP contribution < -0.4 is 10.6 Å². The van der Waals surface area contributed by atoms with Crippen LogP contribution in [0.5, 0.6) is 0 Å². The van der Waals surface area contributed by atoms with Crippen molar-refractivity contribution < 1.29 is 9.59 Å². The van der Waals surface area contributed by atoms with Crippen LogP contribution in [-0.2, 0) is 9.59 Å². The van der Waals surface area contributed by atoms with Crippen LogP contribution in [0.15, 0.2) is 41.8 Å². The van der Waals surface area contributed by atoms with Crippen LogP contribution in [0.1, 0.15) is 68.5 Å². The van der Waals surface area contributed by atoms with Crippen LogP contribution in [0.2, 0.25) is 0 Å². The molecule has 196 valence electrons. The van der Waals surface area contributed by atoms with E-state index in [0.29, 0.717) is 6.54 Å². The summed E-state index contributed by atoms with van der Waals surface area (Å²) >= 11 is 1.64. The van der Waals surface area contributed by atoms with Gasteiger partial charge in [0.05, 0.1) is 17.8 Å². The molecule has 3 atom stereocenters. The summed E-state index contributed by atoms with van der Waals surface area (Å²) in [4.78, 5) is 33.9. The van der Waals surface area contributed by atoms with E-state index in [-0.39, 0.29) is 29.8 Å². The Kier molecular flexibility index (Phi) is 7.91. The van der Waals surface area contributed by atoms with E-state index in [0.717, 1.165) is 54.8 Å². The summed E-state index contributed by atoms with van der Waals surface area (Å²) in [5.74, 6) is 0.148. The number of likely N-dealkylation sites (tertiary alicyclic amines) is 1. The average Bonchev–Trinajstić information content (AvgIpc) is 3.62. The molecule has 7 heteroatoms. The third-order valence-corrected chi connectivity index (χ3v) is 9.22. The maximum Gasteiger partial charge on any atom is 0.246 e. The molecule has 1 saturated carbocycles. The van der Waals surface area contributed by atoms with Crippen molar-refractivity contribution in [2.24, 2.45) is 5.92 Å². The standard InChI is InChI=1S/C30H38N4O2S/c1-19-15-16-24(23-13-8-7-12-22(19)23)25-18-37-29(32-25)26-14-9-17-34(26)30(36)27(21-10-5-4-6-11-21)33-28(35)20(2)31-3/h7-8,12-13,15-16,18,20-21,26-27,31H,4-6,9-11,14,17H2,1-3H3,(H,33,35)/t20-,26-,27-/m0/s1. The van der Waals surface area contributed by atoms with Crippen molar-refractivity contribution in [1.29, 1.82) is 0 Å². The Morgan fingerprint density at radius 1 is 1.03 bits per heavy atom. The Morgan fingerprint density at radius 3 is 2.54 bits per heavy atom. The van der Waals surface area contributed by atoms with E-state index in [2.05, 4.69) is 59.3 Å². The molecule has 1 aliphatic heterocycles. The normalized spacial score (nSPS) is 20.2. The third-order valence-electron chi connectivity index (χ3n) is 8.27. The first-order valence-electron chi connectivity index (χ1n) is 13.7. The molecular formula is C30H38N4O2S. The second kappa shape index (κ2) is 11.3. The number of fused-ring (bicyclic) bond motifs is 1. The fraction of sp³-hybridized carbons (Fsp3) is 0.500. The van der Waals surface area contributed by atoms with Gasteiger partial charge in [-0.15, -0.1) is 11.3 Å². The molecule has 0 radical (unpaired) electrons. The second-order valence-corrected chi connectivity index (χ2v) is 11.5. The number of hydrogen-bond acceptors (Lipinski definition) is 5. The fourth-order valence-electron chi connectivity index (χ4n) is 5.96. The summed E-state index contributed by atoms with van der Waals surface area (Å²) in [5, 5.41) is 11.7. The molecule has 2 aromatic carbocycles. The summed E-state index contributed by atoms with van der Waals surface area (Å²) < 4.78 is 0. The summed E-state index contributed by atoms with van der Waals surface area (Å²) in [5.41, 5.74) is 3.36. The molecule has 37 heavy (non-hydrogen) atoms. The number of amides is 2. The Hall–Kier alpha value is -2.77. The lowest BCUT2D eigenvalue weighted by atomic mass is 9.83. The number of hydrogen-bond donors (Lipinski definition) is 2. The number of aromatic nitrogens is 1. The van der Waals surface area contributed by atoms with E-state index in [1.807, 2.05) is 11.8 Å². The number of thiazole rings is 1. The van der Waals surface area contributed by atoms with Gasteiger partial charge in [0, 0.05) is 17.5 Å². The topological polar surface area (TPSA) is 74.3 Å². The highest BCUT2D eigenvalue weighted by Gasteiger charge is 2.40. The first kappa shape index (κ1) is 25.9. The number of carbonyl (C=O) groups excluding carboxylic acids is 2. The minimum absolute atomic E-state index is 0.0346. The minimum Gasteiger partial charge on any atom is -0.343 e. The van der Waals surface area contributed by atoms with Gasteiger partial charge in [-0.3, -0.25) is 9.59 Å². The molecule has 0 bridgehead atoms. The molecule has 2 amide bonds. The van der Waals surface area contributed by atoms with Crippen molar-refractivity contribution in [1.82, 2.24) is 20.5 Å². The van der Waals surface area contributed by atoms with Gasteiger partial charge in [0.2, 0.25) is 11.8 Å². The molecule has 5 rings (SSSR count). The van der Waals surface area contributed by atoms with Crippen molar-refractivity contribution >= 4 is 33.9 Å². The highest BCUT2D eigenvalue weighted by atomic mass is 32.1. The number of likely N-dealkylation sites (N-methyl/N-ethyl adjacent to an activating group) is 1. The molecule has 2 fully saturated rings. The average molecular weight is 519 g/mol.